The molecule has 1 N–H and O–H groups in total. The van der Waals surface area contributed by atoms with Gasteiger partial charge in [-0.25, -0.2) is 8.42 Å². The zero-order valence-corrected chi connectivity index (χ0v) is 18.0. The number of hydrogen-bond donors (Lipinski definition) is 1. The first-order valence-corrected chi connectivity index (χ1v) is 11.2. The van der Waals surface area contributed by atoms with E-state index in [1.165, 1.54) is 24.1 Å². The lowest BCUT2D eigenvalue weighted by Crippen LogP contribution is -2.31. The first-order chi connectivity index (χ1) is 14.8. The topological polar surface area (TPSA) is 83.9 Å². The number of aliphatic hydroxyl groups excluding tert-OH is 1. The molecule has 0 unspecified atom stereocenters. The van der Waals surface area contributed by atoms with E-state index in [0.717, 1.165) is 0 Å². The van der Waals surface area contributed by atoms with Gasteiger partial charge in [0.05, 0.1) is 12.0 Å². The monoisotopic (exact) mass is 455 g/mol. The summed E-state index contributed by atoms with van der Waals surface area (Å²) in [6.07, 6.45) is 0. The summed E-state index contributed by atoms with van der Waals surface area (Å²) >= 11 is 6.01. The molecular formula is C23H18ClNO5S. The molecule has 0 saturated carbocycles. The van der Waals surface area contributed by atoms with Gasteiger partial charge in [-0.05, 0) is 54.1 Å². The van der Waals surface area contributed by atoms with E-state index in [-0.39, 0.29) is 9.80 Å². The smallest absolute Gasteiger partial charge is 0.295 e. The predicted octanol–water partition coefficient (Wildman–Crippen LogP) is 4.68. The molecule has 6 nitrogen and oxygen atoms in total. The molecule has 0 aromatic heterocycles. The third kappa shape index (κ3) is 3.66. The lowest BCUT2D eigenvalue weighted by molar-refractivity contribution is -0.117. The Morgan fingerprint density at radius 3 is 2.13 bits per heavy atom. The summed E-state index contributed by atoms with van der Waals surface area (Å²) in [6.45, 7) is 0. The number of sulfone groups is 1. The lowest BCUT2D eigenvalue weighted by Gasteiger charge is -2.27. The van der Waals surface area contributed by atoms with E-state index in [2.05, 4.69) is 0 Å². The third-order valence-corrected chi connectivity index (χ3v) is 7.18. The number of benzene rings is 3. The van der Waals surface area contributed by atoms with Crippen LogP contribution in [0.25, 0.3) is 0 Å². The predicted molar refractivity (Wildman–Crippen MR) is 118 cm³/mol. The molecule has 3 aromatic carbocycles. The van der Waals surface area contributed by atoms with Crippen molar-refractivity contribution in [3.63, 3.8) is 0 Å². The summed E-state index contributed by atoms with van der Waals surface area (Å²) in [6, 6.07) is 19.7. The molecule has 0 aliphatic carbocycles. The molecule has 3 aromatic rings. The van der Waals surface area contributed by atoms with Crippen LogP contribution in [0.1, 0.15) is 11.6 Å². The molecular weight excluding hydrogens is 438 g/mol. The van der Waals surface area contributed by atoms with Crippen molar-refractivity contribution >= 4 is 33.0 Å². The fourth-order valence-electron chi connectivity index (χ4n) is 3.54. The Bertz CT molecular complexity index is 1250. The molecule has 0 bridgehead atoms. The molecule has 0 spiro atoms. The number of halogens is 1. The second kappa shape index (κ2) is 8.09. The van der Waals surface area contributed by atoms with Gasteiger partial charge in [0.15, 0.2) is 5.76 Å². The quantitative estimate of drug-likeness (QED) is 0.603. The van der Waals surface area contributed by atoms with E-state index in [4.69, 9.17) is 16.3 Å². The Labute approximate surface area is 184 Å². The van der Waals surface area contributed by atoms with Gasteiger partial charge in [-0.1, -0.05) is 41.9 Å². The van der Waals surface area contributed by atoms with Crippen LogP contribution in [-0.4, -0.2) is 26.5 Å². The molecule has 1 amide bonds. The van der Waals surface area contributed by atoms with Crippen molar-refractivity contribution in [2.75, 3.05) is 12.0 Å². The van der Waals surface area contributed by atoms with Gasteiger partial charge in [0.2, 0.25) is 9.84 Å². The molecule has 1 heterocycles. The zero-order chi connectivity index (χ0) is 22.2. The van der Waals surface area contributed by atoms with Gasteiger partial charge in [0.1, 0.15) is 16.7 Å². The number of carbonyl (C=O) groups excluding carboxylic acids is 1. The number of aliphatic hydroxyl groups is 1. The van der Waals surface area contributed by atoms with Crippen LogP contribution in [0.5, 0.6) is 5.75 Å². The summed E-state index contributed by atoms with van der Waals surface area (Å²) in [5.41, 5.74) is 0.905. The molecule has 0 radical (unpaired) electrons. The van der Waals surface area contributed by atoms with Crippen LogP contribution in [-0.2, 0) is 14.6 Å². The second-order valence-electron chi connectivity index (χ2n) is 6.86. The summed E-state index contributed by atoms with van der Waals surface area (Å²) in [5.74, 6) is -1.04. The van der Waals surface area contributed by atoms with E-state index >= 15 is 0 Å². The van der Waals surface area contributed by atoms with Crippen LogP contribution in [0.4, 0.5) is 5.69 Å². The van der Waals surface area contributed by atoms with Crippen LogP contribution < -0.4 is 9.64 Å². The molecule has 4 rings (SSSR count). The SMILES string of the molecule is COc1ccc(N2C(=O)C(O)=C(S(=O)(=O)c3ccccc3)[C@H]2c2ccc(Cl)cc2)cc1. The Balaban J connectivity index is 1.92. The van der Waals surface area contributed by atoms with Crippen LogP contribution in [0.2, 0.25) is 5.02 Å². The van der Waals surface area contributed by atoms with Gasteiger partial charge >= 0.3 is 0 Å². The number of hydrogen-bond acceptors (Lipinski definition) is 5. The van der Waals surface area contributed by atoms with Crippen molar-refractivity contribution in [2.45, 2.75) is 10.9 Å². The average Bonchev–Trinajstić information content (AvgIpc) is 3.06. The molecule has 0 fully saturated rings. The minimum atomic E-state index is -4.17. The van der Waals surface area contributed by atoms with Gasteiger partial charge in [-0.15, -0.1) is 0 Å². The van der Waals surface area contributed by atoms with Crippen molar-refractivity contribution in [1.82, 2.24) is 0 Å². The molecule has 1 aliphatic rings. The van der Waals surface area contributed by atoms with Gasteiger partial charge in [0, 0.05) is 10.7 Å². The largest absolute Gasteiger partial charge is 0.502 e. The number of carbonyl (C=O) groups is 1. The Hall–Kier alpha value is -3.29. The molecule has 0 saturated heterocycles. The van der Waals surface area contributed by atoms with Crippen LogP contribution in [0, 0.1) is 0 Å². The average molecular weight is 456 g/mol. The Morgan fingerprint density at radius 2 is 1.55 bits per heavy atom. The molecule has 31 heavy (non-hydrogen) atoms. The normalized spacial score (nSPS) is 16.6. The standard InChI is InChI=1S/C23H18ClNO5S/c1-30-18-13-11-17(12-14-18)25-20(15-7-9-16(24)10-8-15)22(21(26)23(25)27)31(28,29)19-5-3-2-4-6-19/h2-14,20,26H,1H3/t20-/m1/s1. The number of anilines is 1. The summed E-state index contributed by atoms with van der Waals surface area (Å²) in [4.78, 5) is 14.0. The molecule has 1 aliphatic heterocycles. The van der Waals surface area contributed by atoms with Gasteiger partial charge < -0.3 is 9.84 Å². The minimum absolute atomic E-state index is 0.0140. The lowest BCUT2D eigenvalue weighted by atomic mass is 10.1. The van der Waals surface area contributed by atoms with Gasteiger partial charge in [0.25, 0.3) is 5.91 Å². The number of amides is 1. The third-order valence-electron chi connectivity index (χ3n) is 5.04. The molecule has 8 heteroatoms. The summed E-state index contributed by atoms with van der Waals surface area (Å²) in [7, 11) is -2.65. The summed E-state index contributed by atoms with van der Waals surface area (Å²) in [5, 5.41) is 11.2. The van der Waals surface area contributed by atoms with Crippen LogP contribution in [0.3, 0.4) is 0 Å². The van der Waals surface area contributed by atoms with E-state index < -0.39 is 27.5 Å². The maximum atomic E-state index is 13.5. The first-order valence-electron chi connectivity index (χ1n) is 9.31. The maximum absolute atomic E-state index is 13.5. The Kier molecular flexibility index (Phi) is 5.47. The van der Waals surface area contributed by atoms with Gasteiger partial charge in [-0.2, -0.15) is 0 Å². The number of rotatable bonds is 5. The van der Waals surface area contributed by atoms with E-state index in [1.807, 2.05) is 0 Å². The van der Waals surface area contributed by atoms with Crippen LogP contribution in [0.15, 0.2) is 94.4 Å². The van der Waals surface area contributed by atoms with Gasteiger partial charge in [-0.3, -0.25) is 9.69 Å². The Morgan fingerprint density at radius 1 is 0.935 bits per heavy atom. The second-order valence-corrected chi connectivity index (χ2v) is 9.21. The highest BCUT2D eigenvalue weighted by molar-refractivity contribution is 7.95. The highest BCUT2D eigenvalue weighted by atomic mass is 35.5. The summed E-state index contributed by atoms with van der Waals surface area (Å²) < 4.78 is 32.1. The highest BCUT2D eigenvalue weighted by Gasteiger charge is 2.47. The highest BCUT2D eigenvalue weighted by Crippen LogP contribution is 2.45. The van der Waals surface area contributed by atoms with Crippen molar-refractivity contribution in [3.8, 4) is 5.75 Å². The number of methoxy groups -OCH3 is 1. The van der Waals surface area contributed by atoms with E-state index in [0.29, 0.717) is 22.0 Å². The number of nitrogens with zero attached hydrogens (tertiary/aromatic N) is 1. The first kappa shape index (κ1) is 21.0. The fraction of sp³-hybridized carbons (Fsp3) is 0.0870. The van der Waals surface area contributed by atoms with Crippen molar-refractivity contribution in [3.05, 3.63) is 100 Å². The van der Waals surface area contributed by atoms with Crippen LogP contribution >= 0.6 is 11.6 Å². The van der Waals surface area contributed by atoms with Crippen molar-refractivity contribution in [2.24, 2.45) is 0 Å². The maximum Gasteiger partial charge on any atom is 0.295 e. The molecule has 158 valence electrons. The van der Waals surface area contributed by atoms with E-state index in [1.54, 1.807) is 66.7 Å². The number of ether oxygens (including phenoxy) is 1. The zero-order valence-electron chi connectivity index (χ0n) is 16.4. The fourth-order valence-corrected chi connectivity index (χ4v) is 5.31. The minimum Gasteiger partial charge on any atom is -0.502 e. The van der Waals surface area contributed by atoms with Crippen molar-refractivity contribution in [1.29, 1.82) is 0 Å². The van der Waals surface area contributed by atoms with E-state index in [9.17, 15) is 18.3 Å². The molecule has 1 atom stereocenters. The van der Waals surface area contributed by atoms with Crippen molar-refractivity contribution < 1.29 is 23.1 Å².